The number of rotatable bonds is 5. The molecule has 1 aromatic carbocycles. The van der Waals surface area contributed by atoms with Crippen molar-refractivity contribution < 1.29 is 18.7 Å². The quantitative estimate of drug-likeness (QED) is 0.413. The molecular formula is C19H14ClN3O4. The maximum absolute atomic E-state index is 11.9. The van der Waals surface area contributed by atoms with Crippen LogP contribution < -0.4 is 5.43 Å². The first-order chi connectivity index (χ1) is 13.1. The summed E-state index contributed by atoms with van der Waals surface area (Å²) in [6, 6.07) is 11.5. The molecule has 0 aliphatic carbocycles. The van der Waals surface area contributed by atoms with Gasteiger partial charge in [-0.15, -0.1) is 0 Å². The Balaban J connectivity index is 1.69. The van der Waals surface area contributed by atoms with Crippen LogP contribution in [0.15, 0.2) is 64.4 Å². The van der Waals surface area contributed by atoms with Crippen molar-refractivity contribution >= 4 is 29.7 Å². The van der Waals surface area contributed by atoms with Crippen LogP contribution in [-0.4, -0.2) is 30.2 Å². The van der Waals surface area contributed by atoms with Crippen LogP contribution in [0, 0.1) is 0 Å². The van der Waals surface area contributed by atoms with Crippen LogP contribution >= 0.6 is 11.6 Å². The summed E-state index contributed by atoms with van der Waals surface area (Å²) in [4.78, 5) is 27.3. The van der Waals surface area contributed by atoms with Crippen LogP contribution in [0.25, 0.3) is 11.3 Å². The zero-order valence-electron chi connectivity index (χ0n) is 14.2. The van der Waals surface area contributed by atoms with E-state index in [1.807, 2.05) is 0 Å². The van der Waals surface area contributed by atoms with Crippen LogP contribution in [0.5, 0.6) is 0 Å². The lowest BCUT2D eigenvalue weighted by molar-refractivity contribution is 0.0600. The third-order valence-electron chi connectivity index (χ3n) is 3.59. The highest BCUT2D eigenvalue weighted by molar-refractivity contribution is 6.33. The molecule has 0 saturated heterocycles. The second-order valence-electron chi connectivity index (χ2n) is 5.32. The lowest BCUT2D eigenvalue weighted by Crippen LogP contribution is -2.17. The molecule has 0 unspecified atom stereocenters. The molecule has 0 aliphatic heterocycles. The van der Waals surface area contributed by atoms with Gasteiger partial charge in [0, 0.05) is 23.5 Å². The molecule has 0 fully saturated rings. The Bertz CT molecular complexity index is 999. The zero-order chi connectivity index (χ0) is 19.2. The fraction of sp³-hybridized carbons (Fsp3) is 0.0526. The molecule has 2 heterocycles. The molecule has 3 aromatic rings. The van der Waals surface area contributed by atoms with Gasteiger partial charge in [-0.25, -0.2) is 10.2 Å². The first-order valence-corrected chi connectivity index (χ1v) is 8.18. The molecule has 1 amide bonds. The summed E-state index contributed by atoms with van der Waals surface area (Å²) >= 11 is 6.12. The van der Waals surface area contributed by atoms with E-state index in [0.717, 1.165) is 0 Å². The van der Waals surface area contributed by atoms with Crippen LogP contribution in [0.2, 0.25) is 5.02 Å². The number of hydrazone groups is 1. The highest BCUT2D eigenvalue weighted by atomic mass is 35.5. The van der Waals surface area contributed by atoms with Crippen molar-refractivity contribution in [3.63, 3.8) is 0 Å². The van der Waals surface area contributed by atoms with E-state index < -0.39 is 5.97 Å². The predicted molar refractivity (Wildman–Crippen MR) is 99.8 cm³/mol. The summed E-state index contributed by atoms with van der Waals surface area (Å²) in [7, 11) is 1.29. The molecule has 0 radical (unpaired) electrons. The van der Waals surface area contributed by atoms with Gasteiger partial charge >= 0.3 is 5.97 Å². The van der Waals surface area contributed by atoms with Gasteiger partial charge in [0.2, 0.25) is 0 Å². The topological polar surface area (TPSA) is 93.8 Å². The Morgan fingerprint density at radius 1 is 1.19 bits per heavy atom. The van der Waals surface area contributed by atoms with E-state index in [2.05, 4.69) is 20.2 Å². The van der Waals surface area contributed by atoms with Gasteiger partial charge in [-0.1, -0.05) is 17.7 Å². The summed E-state index contributed by atoms with van der Waals surface area (Å²) in [5.41, 5.74) is 3.81. The standard InChI is InChI=1S/C19H14ClN3O4/c1-26-19(25)15-4-2-13(10-16(15)20)17-5-3-14(27-17)11-22-23-18(24)12-6-8-21-9-7-12/h2-11H,1H3,(H,23,24)/b22-11-. The SMILES string of the molecule is COC(=O)c1ccc(-c2ccc(/C=N\NC(=O)c3ccncc3)o2)cc1Cl. The summed E-state index contributed by atoms with van der Waals surface area (Å²) in [5.74, 6) is 0.109. The van der Waals surface area contributed by atoms with E-state index in [9.17, 15) is 9.59 Å². The molecule has 7 nitrogen and oxygen atoms in total. The molecule has 1 N–H and O–H groups in total. The van der Waals surface area contributed by atoms with E-state index in [4.69, 9.17) is 16.0 Å². The number of nitrogens with zero attached hydrogens (tertiary/aromatic N) is 2. The predicted octanol–water partition coefficient (Wildman–Crippen LogP) is 3.55. The average molecular weight is 384 g/mol. The number of carbonyl (C=O) groups is 2. The van der Waals surface area contributed by atoms with Gasteiger partial charge in [-0.3, -0.25) is 9.78 Å². The highest BCUT2D eigenvalue weighted by Gasteiger charge is 2.13. The molecule has 0 spiro atoms. The van der Waals surface area contributed by atoms with Crippen molar-refractivity contribution in [2.45, 2.75) is 0 Å². The van der Waals surface area contributed by atoms with Crippen molar-refractivity contribution in [2.75, 3.05) is 7.11 Å². The molecule has 0 saturated carbocycles. The maximum Gasteiger partial charge on any atom is 0.339 e. The summed E-state index contributed by atoms with van der Waals surface area (Å²) in [6.07, 6.45) is 4.43. The van der Waals surface area contributed by atoms with Crippen molar-refractivity contribution in [1.82, 2.24) is 10.4 Å². The third-order valence-corrected chi connectivity index (χ3v) is 3.90. The van der Waals surface area contributed by atoms with Gasteiger partial charge in [0.15, 0.2) is 0 Å². The Kier molecular flexibility index (Phi) is 5.63. The number of aromatic nitrogens is 1. The first kappa shape index (κ1) is 18.3. The Labute approximate surface area is 159 Å². The minimum Gasteiger partial charge on any atom is -0.465 e. The number of carbonyl (C=O) groups excluding carboxylic acids is 2. The first-order valence-electron chi connectivity index (χ1n) is 7.80. The number of hydrogen-bond donors (Lipinski definition) is 1. The minimum atomic E-state index is -0.510. The molecule has 27 heavy (non-hydrogen) atoms. The van der Waals surface area contributed by atoms with E-state index in [-0.39, 0.29) is 16.5 Å². The fourth-order valence-corrected chi connectivity index (χ4v) is 2.50. The van der Waals surface area contributed by atoms with Crippen molar-refractivity contribution in [3.05, 3.63) is 76.8 Å². The van der Waals surface area contributed by atoms with E-state index in [1.54, 1.807) is 42.5 Å². The summed E-state index contributed by atoms with van der Waals surface area (Å²) < 4.78 is 10.3. The average Bonchev–Trinajstić information content (AvgIpc) is 3.17. The number of benzene rings is 1. The number of methoxy groups -OCH3 is 1. The number of halogens is 1. The number of hydrogen-bond acceptors (Lipinski definition) is 6. The number of nitrogens with one attached hydrogen (secondary N) is 1. The van der Waals surface area contributed by atoms with E-state index >= 15 is 0 Å². The van der Waals surface area contributed by atoms with Crippen LogP contribution in [0.1, 0.15) is 26.5 Å². The van der Waals surface area contributed by atoms with E-state index in [1.165, 1.54) is 25.7 Å². The van der Waals surface area contributed by atoms with Crippen molar-refractivity contribution in [2.24, 2.45) is 5.10 Å². The van der Waals surface area contributed by atoms with Crippen LogP contribution in [0.3, 0.4) is 0 Å². The second-order valence-corrected chi connectivity index (χ2v) is 5.73. The molecule has 3 rings (SSSR count). The van der Waals surface area contributed by atoms with Crippen molar-refractivity contribution in [1.29, 1.82) is 0 Å². The molecule has 2 aromatic heterocycles. The fourth-order valence-electron chi connectivity index (χ4n) is 2.24. The summed E-state index contributed by atoms with van der Waals surface area (Å²) in [5, 5.41) is 4.12. The number of esters is 1. The summed E-state index contributed by atoms with van der Waals surface area (Å²) in [6.45, 7) is 0. The Morgan fingerprint density at radius 2 is 1.96 bits per heavy atom. The monoisotopic (exact) mass is 383 g/mol. The van der Waals surface area contributed by atoms with Gasteiger partial charge in [0.1, 0.15) is 11.5 Å². The number of ether oxygens (including phenoxy) is 1. The molecule has 0 aliphatic rings. The number of pyridine rings is 1. The van der Waals surface area contributed by atoms with E-state index in [0.29, 0.717) is 22.6 Å². The zero-order valence-corrected chi connectivity index (χ0v) is 14.9. The molecular weight excluding hydrogens is 370 g/mol. The van der Waals surface area contributed by atoms with Gasteiger partial charge < -0.3 is 9.15 Å². The smallest absolute Gasteiger partial charge is 0.339 e. The minimum absolute atomic E-state index is 0.260. The van der Waals surface area contributed by atoms with Crippen LogP contribution in [0.4, 0.5) is 0 Å². The Morgan fingerprint density at radius 3 is 2.67 bits per heavy atom. The van der Waals surface area contributed by atoms with Gasteiger partial charge in [0.25, 0.3) is 5.91 Å². The number of amides is 1. The largest absolute Gasteiger partial charge is 0.465 e. The van der Waals surface area contributed by atoms with Crippen LogP contribution in [-0.2, 0) is 4.74 Å². The van der Waals surface area contributed by atoms with Gasteiger partial charge in [0.05, 0.1) is 23.9 Å². The van der Waals surface area contributed by atoms with Crippen molar-refractivity contribution in [3.8, 4) is 11.3 Å². The Hall–Kier alpha value is -3.45. The lowest BCUT2D eigenvalue weighted by atomic mass is 10.1. The third kappa shape index (κ3) is 4.39. The lowest BCUT2D eigenvalue weighted by Gasteiger charge is -2.04. The van der Waals surface area contributed by atoms with Gasteiger partial charge in [-0.05, 0) is 36.4 Å². The maximum atomic E-state index is 11.9. The highest BCUT2D eigenvalue weighted by Crippen LogP contribution is 2.27. The molecule has 136 valence electrons. The van der Waals surface area contributed by atoms with Gasteiger partial charge in [-0.2, -0.15) is 5.10 Å². The number of furan rings is 1. The molecule has 0 atom stereocenters. The normalized spacial score (nSPS) is 10.7. The second kappa shape index (κ2) is 8.29. The molecule has 0 bridgehead atoms. The molecule has 8 heteroatoms.